The summed E-state index contributed by atoms with van der Waals surface area (Å²) >= 11 is 0. The Kier molecular flexibility index (Phi) is 19.6. The molecule has 0 aromatic heterocycles. The molecule has 1 aliphatic heterocycles. The Morgan fingerprint density at radius 1 is 1.02 bits per heavy atom. The van der Waals surface area contributed by atoms with Gasteiger partial charge in [-0.2, -0.15) is 8.62 Å². The van der Waals surface area contributed by atoms with Gasteiger partial charge >= 0.3 is 23.4 Å². The maximum atomic E-state index is 12.4. The zero-order valence-electron chi connectivity index (χ0n) is 26.0. The van der Waals surface area contributed by atoms with Crippen LogP contribution >= 0.6 is 45.0 Å². The van der Waals surface area contributed by atoms with Crippen LogP contribution in [0.4, 0.5) is 0 Å². The lowest BCUT2D eigenvalue weighted by Crippen LogP contribution is -2.35. The SMILES string of the molecule is CCCCCC(CCCC)[C@H]1C[C@@H](OCSSC(C)(C)CNC(=O)CCC)[C@@H](COP(=O)(O)OP(=O)(O)OP(=O)(O)N=O)O1. The first-order chi connectivity index (χ1) is 20.5. The molecule has 1 rings (SSSR count). The number of carbonyl (C=O) groups excluding carboxylic acids is 1. The molecule has 260 valence electrons. The van der Waals surface area contributed by atoms with E-state index in [1.165, 1.54) is 21.6 Å². The molecule has 1 amide bonds. The first-order valence-electron chi connectivity index (χ1n) is 14.7. The van der Waals surface area contributed by atoms with Crippen LogP contribution in [-0.4, -0.2) is 62.7 Å². The van der Waals surface area contributed by atoms with Crippen LogP contribution in [0.25, 0.3) is 0 Å². The standard InChI is InChI=1S/C24H49N2O13P3S2/c1-6-9-11-14-19(13-10-7-2)20-15-21(35-18-43-44-24(4,5)17-25-23(27)12-8-3)22(37-20)16-36-41(31,32)39-42(33,34)38-40(29,30)26-28/h19-22H,6-18H2,1-5H3,(H,25,27)(H,29,30)(H,31,32)(H,33,34)/t19?,20-,21-,22-/m1/s1. The summed E-state index contributed by atoms with van der Waals surface area (Å²) in [6, 6.07) is 0. The minimum atomic E-state index is -5.69. The highest BCUT2D eigenvalue weighted by molar-refractivity contribution is 8.77. The molecule has 1 heterocycles. The largest absolute Gasteiger partial charge is 0.496 e. The van der Waals surface area contributed by atoms with Crippen LogP contribution in [0.2, 0.25) is 0 Å². The number of nitroso groups, excluding NO2 is 1. The van der Waals surface area contributed by atoms with E-state index in [0.717, 1.165) is 51.4 Å². The van der Waals surface area contributed by atoms with Crippen molar-refractivity contribution in [3.63, 3.8) is 0 Å². The molecule has 44 heavy (non-hydrogen) atoms. The summed E-state index contributed by atoms with van der Waals surface area (Å²) in [5.74, 6) is 0.459. The fourth-order valence-electron chi connectivity index (χ4n) is 4.45. The average molecular weight is 731 g/mol. The lowest BCUT2D eigenvalue weighted by atomic mass is 9.88. The lowest BCUT2D eigenvalue weighted by molar-refractivity contribution is -0.121. The average Bonchev–Trinajstić information content (AvgIpc) is 3.32. The number of hydrogen-bond acceptors (Lipinski definition) is 12. The molecule has 0 spiro atoms. The number of unbranched alkanes of at least 4 members (excludes halogenated alkanes) is 3. The van der Waals surface area contributed by atoms with Crippen LogP contribution in [0.1, 0.15) is 98.8 Å². The van der Waals surface area contributed by atoms with Crippen molar-refractivity contribution < 1.29 is 55.8 Å². The third kappa shape index (κ3) is 17.9. The van der Waals surface area contributed by atoms with Crippen LogP contribution in [0.5, 0.6) is 0 Å². The van der Waals surface area contributed by atoms with Crippen molar-refractivity contribution in [2.24, 2.45) is 10.9 Å². The van der Waals surface area contributed by atoms with Gasteiger partial charge in [-0.15, -0.1) is 4.91 Å². The maximum Gasteiger partial charge on any atom is 0.496 e. The van der Waals surface area contributed by atoms with E-state index >= 15 is 0 Å². The van der Waals surface area contributed by atoms with E-state index < -0.39 is 42.2 Å². The molecule has 0 aromatic rings. The van der Waals surface area contributed by atoms with Crippen molar-refractivity contribution in [1.29, 1.82) is 0 Å². The minimum Gasteiger partial charge on any atom is -0.369 e. The highest BCUT2D eigenvalue weighted by atomic mass is 33.1. The highest BCUT2D eigenvalue weighted by Gasteiger charge is 2.45. The Morgan fingerprint density at radius 2 is 1.68 bits per heavy atom. The number of nitrogens with zero attached hydrogens (tertiary/aromatic N) is 1. The van der Waals surface area contributed by atoms with Gasteiger partial charge in [0.25, 0.3) is 0 Å². The smallest absolute Gasteiger partial charge is 0.369 e. The highest BCUT2D eigenvalue weighted by Crippen LogP contribution is 2.67. The van der Waals surface area contributed by atoms with Crippen molar-refractivity contribution >= 4 is 50.9 Å². The zero-order valence-corrected chi connectivity index (χ0v) is 30.3. The van der Waals surface area contributed by atoms with E-state index in [-0.39, 0.29) is 28.6 Å². The molecular weight excluding hydrogens is 681 g/mol. The van der Waals surface area contributed by atoms with E-state index in [4.69, 9.17) is 18.9 Å². The molecule has 4 unspecified atom stereocenters. The minimum absolute atomic E-state index is 0.00368. The second kappa shape index (κ2) is 20.5. The zero-order chi connectivity index (χ0) is 33.4. The molecule has 0 bridgehead atoms. The number of carbonyl (C=O) groups is 1. The van der Waals surface area contributed by atoms with E-state index in [2.05, 4.69) is 27.8 Å². The van der Waals surface area contributed by atoms with Gasteiger partial charge in [0, 0.05) is 29.1 Å². The van der Waals surface area contributed by atoms with Crippen LogP contribution in [-0.2, 0) is 41.1 Å². The molecule has 0 saturated carbocycles. The number of rotatable bonds is 25. The van der Waals surface area contributed by atoms with Gasteiger partial charge in [0.2, 0.25) is 5.91 Å². The van der Waals surface area contributed by atoms with E-state index in [9.17, 15) is 33.2 Å². The van der Waals surface area contributed by atoms with Gasteiger partial charge in [-0.05, 0) is 39.0 Å². The Morgan fingerprint density at radius 3 is 2.30 bits per heavy atom. The van der Waals surface area contributed by atoms with Crippen LogP contribution in [0.15, 0.2) is 4.95 Å². The number of amides is 1. The predicted octanol–water partition coefficient (Wildman–Crippen LogP) is 7.07. The Hall–Kier alpha value is 0.140. The number of phosphoric ester groups is 1. The molecule has 20 heteroatoms. The third-order valence-electron chi connectivity index (χ3n) is 6.59. The predicted molar refractivity (Wildman–Crippen MR) is 171 cm³/mol. The Balaban J connectivity index is 2.90. The van der Waals surface area contributed by atoms with Gasteiger partial charge in [-0.3, -0.25) is 9.32 Å². The van der Waals surface area contributed by atoms with Gasteiger partial charge in [-0.1, -0.05) is 74.5 Å². The molecule has 7 atom stereocenters. The molecular formula is C24H49N2O13P3S2. The molecule has 1 saturated heterocycles. The Bertz CT molecular complexity index is 1030. The molecule has 0 aromatic carbocycles. The molecule has 0 radical (unpaired) electrons. The van der Waals surface area contributed by atoms with Gasteiger partial charge < -0.3 is 29.5 Å². The summed E-state index contributed by atoms with van der Waals surface area (Å²) in [5.41, 5.74) is 0. The Labute approximate surface area is 268 Å². The summed E-state index contributed by atoms with van der Waals surface area (Å²) in [5, 5.41) is 2.92. The first kappa shape index (κ1) is 42.2. The van der Waals surface area contributed by atoms with Gasteiger partial charge in [0.1, 0.15) is 12.0 Å². The van der Waals surface area contributed by atoms with Crippen LogP contribution in [0, 0.1) is 10.8 Å². The monoisotopic (exact) mass is 730 g/mol. The molecule has 4 N–H and O–H groups in total. The van der Waals surface area contributed by atoms with E-state index in [1.54, 1.807) is 4.95 Å². The molecule has 1 fully saturated rings. The fourth-order valence-corrected chi connectivity index (χ4v) is 9.78. The van der Waals surface area contributed by atoms with Gasteiger partial charge in [0.05, 0.1) is 18.8 Å². The quantitative estimate of drug-likeness (QED) is 0.0243. The molecule has 1 aliphatic rings. The number of phosphoric acid groups is 2. The second-order valence-electron chi connectivity index (χ2n) is 11.1. The number of hydrogen-bond donors (Lipinski definition) is 4. The summed E-state index contributed by atoms with van der Waals surface area (Å²) in [7, 11) is -13.5. The molecule has 0 aliphatic carbocycles. The maximum absolute atomic E-state index is 12.4. The first-order valence-corrected chi connectivity index (χ1v) is 21.6. The van der Waals surface area contributed by atoms with Crippen molar-refractivity contribution in [2.75, 3.05) is 19.1 Å². The second-order valence-corrected chi connectivity index (χ2v) is 18.7. The number of ether oxygens (including phenoxy) is 2. The van der Waals surface area contributed by atoms with Crippen molar-refractivity contribution in [2.45, 2.75) is 122 Å². The van der Waals surface area contributed by atoms with Gasteiger partial charge in [-0.25, -0.2) is 13.7 Å². The van der Waals surface area contributed by atoms with Crippen molar-refractivity contribution in [3.8, 4) is 0 Å². The topological polar surface area (TPSA) is 217 Å². The molecule has 15 nitrogen and oxygen atoms in total. The summed E-state index contributed by atoms with van der Waals surface area (Å²) in [6.45, 7) is 10.1. The van der Waals surface area contributed by atoms with E-state index in [0.29, 0.717) is 19.4 Å². The normalized spacial score (nSPS) is 23.8. The summed E-state index contributed by atoms with van der Waals surface area (Å²) < 4.78 is 60.3. The van der Waals surface area contributed by atoms with Crippen LogP contribution < -0.4 is 5.32 Å². The van der Waals surface area contributed by atoms with E-state index in [1.807, 2.05) is 20.8 Å². The van der Waals surface area contributed by atoms with Crippen molar-refractivity contribution in [1.82, 2.24) is 5.32 Å². The lowest BCUT2D eigenvalue weighted by Gasteiger charge is -2.25. The van der Waals surface area contributed by atoms with Crippen LogP contribution in [0.3, 0.4) is 0 Å². The summed E-state index contributed by atoms with van der Waals surface area (Å²) in [6.07, 6.45) is 7.20. The van der Waals surface area contributed by atoms with Gasteiger partial charge in [0.15, 0.2) is 0 Å². The van der Waals surface area contributed by atoms with Crippen molar-refractivity contribution in [3.05, 3.63) is 4.91 Å². The fraction of sp³-hybridized carbons (Fsp3) is 0.958. The number of nitrogens with one attached hydrogen (secondary N) is 1. The summed E-state index contributed by atoms with van der Waals surface area (Å²) in [4.78, 5) is 52.4. The third-order valence-corrected chi connectivity index (χ3v) is 13.5.